The van der Waals surface area contributed by atoms with E-state index in [1.165, 1.54) is 7.11 Å². The monoisotopic (exact) mass is 194 g/mol. The van der Waals surface area contributed by atoms with E-state index in [-0.39, 0.29) is 5.97 Å². The molecule has 0 aliphatic heterocycles. The van der Waals surface area contributed by atoms with Gasteiger partial charge < -0.3 is 4.74 Å². The smallest absolute Gasteiger partial charge is 0.305 e. The maximum absolute atomic E-state index is 10.9. The van der Waals surface area contributed by atoms with Crippen LogP contribution in [0.25, 0.3) is 0 Å². The van der Waals surface area contributed by atoms with Crippen molar-refractivity contribution in [2.45, 2.75) is 26.2 Å². The molecule has 1 aromatic heterocycles. The number of rotatable bonds is 4. The number of esters is 1. The van der Waals surface area contributed by atoms with Crippen LogP contribution in [0.2, 0.25) is 0 Å². The molecule has 0 spiro atoms. The van der Waals surface area contributed by atoms with Crippen molar-refractivity contribution in [2.24, 2.45) is 0 Å². The van der Waals surface area contributed by atoms with Crippen molar-refractivity contribution in [3.05, 3.63) is 23.8 Å². The number of methoxy groups -OCH3 is 1. The molecule has 4 heteroatoms. The molecule has 1 aromatic rings. The van der Waals surface area contributed by atoms with E-state index in [4.69, 9.17) is 0 Å². The van der Waals surface area contributed by atoms with E-state index in [0.717, 1.165) is 12.1 Å². The van der Waals surface area contributed by atoms with E-state index in [2.05, 4.69) is 14.7 Å². The lowest BCUT2D eigenvalue weighted by Gasteiger charge is -2.00. The summed E-state index contributed by atoms with van der Waals surface area (Å²) in [5.74, 6) is 0.477. The van der Waals surface area contributed by atoms with Gasteiger partial charge in [-0.25, -0.2) is 9.97 Å². The molecule has 0 unspecified atom stereocenters. The van der Waals surface area contributed by atoms with Crippen LogP contribution in [0.1, 0.15) is 24.9 Å². The van der Waals surface area contributed by atoms with Gasteiger partial charge in [0.15, 0.2) is 0 Å². The molecular formula is C10H14N2O2. The summed E-state index contributed by atoms with van der Waals surface area (Å²) < 4.78 is 4.53. The Kier molecular flexibility index (Phi) is 4.04. The maximum atomic E-state index is 10.9. The summed E-state index contributed by atoms with van der Waals surface area (Å²) >= 11 is 0. The van der Waals surface area contributed by atoms with Gasteiger partial charge in [0.25, 0.3) is 0 Å². The number of aryl methyl sites for hydroxylation is 2. The third-order valence-electron chi connectivity index (χ3n) is 1.91. The highest BCUT2D eigenvalue weighted by atomic mass is 16.5. The van der Waals surface area contributed by atoms with Gasteiger partial charge in [-0.3, -0.25) is 4.79 Å². The van der Waals surface area contributed by atoms with E-state index in [0.29, 0.717) is 18.7 Å². The number of nitrogens with zero attached hydrogens (tertiary/aromatic N) is 2. The van der Waals surface area contributed by atoms with Crippen molar-refractivity contribution in [1.29, 1.82) is 0 Å². The summed E-state index contributed by atoms with van der Waals surface area (Å²) in [7, 11) is 1.38. The largest absolute Gasteiger partial charge is 0.469 e. The SMILES string of the molecule is CCc1ccnc(CCC(=O)OC)n1. The maximum Gasteiger partial charge on any atom is 0.305 e. The first kappa shape index (κ1) is 10.6. The number of ether oxygens (including phenoxy) is 1. The molecule has 0 aromatic carbocycles. The summed E-state index contributed by atoms with van der Waals surface area (Å²) in [5, 5.41) is 0. The lowest BCUT2D eigenvalue weighted by Crippen LogP contribution is -2.05. The number of hydrogen-bond donors (Lipinski definition) is 0. The molecule has 0 fully saturated rings. The molecule has 0 amide bonds. The third-order valence-corrected chi connectivity index (χ3v) is 1.91. The van der Waals surface area contributed by atoms with E-state index < -0.39 is 0 Å². The van der Waals surface area contributed by atoms with Gasteiger partial charge in [0.2, 0.25) is 0 Å². The molecule has 0 N–H and O–H groups in total. The zero-order chi connectivity index (χ0) is 10.4. The zero-order valence-corrected chi connectivity index (χ0v) is 8.49. The molecule has 0 radical (unpaired) electrons. The van der Waals surface area contributed by atoms with Crippen LogP contribution < -0.4 is 0 Å². The number of aromatic nitrogens is 2. The number of hydrogen-bond acceptors (Lipinski definition) is 4. The lowest BCUT2D eigenvalue weighted by molar-refractivity contribution is -0.140. The fourth-order valence-electron chi connectivity index (χ4n) is 1.07. The minimum absolute atomic E-state index is 0.226. The Morgan fingerprint density at radius 2 is 2.36 bits per heavy atom. The Hall–Kier alpha value is -1.45. The van der Waals surface area contributed by atoms with Crippen LogP contribution in [0, 0.1) is 0 Å². The van der Waals surface area contributed by atoms with Gasteiger partial charge in [-0.1, -0.05) is 6.92 Å². The molecule has 0 saturated heterocycles. The Labute approximate surface area is 83.3 Å². The second-order valence-corrected chi connectivity index (χ2v) is 2.89. The predicted octanol–water partition coefficient (Wildman–Crippen LogP) is 1.14. The molecular weight excluding hydrogens is 180 g/mol. The van der Waals surface area contributed by atoms with Gasteiger partial charge in [-0.05, 0) is 12.5 Å². The van der Waals surface area contributed by atoms with Crippen LogP contribution in [0.15, 0.2) is 12.3 Å². The van der Waals surface area contributed by atoms with Gasteiger partial charge in [0.1, 0.15) is 5.82 Å². The second kappa shape index (κ2) is 5.32. The average molecular weight is 194 g/mol. The minimum atomic E-state index is -0.226. The normalized spacial score (nSPS) is 9.86. The van der Waals surface area contributed by atoms with Crippen LogP contribution in [-0.4, -0.2) is 23.0 Å². The quantitative estimate of drug-likeness (QED) is 0.674. The predicted molar refractivity (Wildman–Crippen MR) is 51.7 cm³/mol. The highest BCUT2D eigenvalue weighted by Crippen LogP contribution is 2.00. The molecule has 76 valence electrons. The first-order valence-corrected chi connectivity index (χ1v) is 4.64. The van der Waals surface area contributed by atoms with Crippen LogP contribution in [0.4, 0.5) is 0 Å². The average Bonchev–Trinajstić information content (AvgIpc) is 2.26. The molecule has 14 heavy (non-hydrogen) atoms. The van der Waals surface area contributed by atoms with Crippen molar-refractivity contribution < 1.29 is 9.53 Å². The summed E-state index contributed by atoms with van der Waals surface area (Å²) in [4.78, 5) is 19.2. The molecule has 1 heterocycles. The Morgan fingerprint density at radius 3 is 3.00 bits per heavy atom. The fraction of sp³-hybridized carbons (Fsp3) is 0.500. The van der Waals surface area contributed by atoms with Crippen molar-refractivity contribution in [3.8, 4) is 0 Å². The Balaban J connectivity index is 2.54. The minimum Gasteiger partial charge on any atom is -0.469 e. The first-order chi connectivity index (χ1) is 6.76. The molecule has 0 saturated carbocycles. The van der Waals surface area contributed by atoms with Gasteiger partial charge >= 0.3 is 5.97 Å². The van der Waals surface area contributed by atoms with Crippen molar-refractivity contribution in [1.82, 2.24) is 9.97 Å². The van der Waals surface area contributed by atoms with E-state index in [1.807, 2.05) is 13.0 Å². The van der Waals surface area contributed by atoms with Crippen LogP contribution in [0.3, 0.4) is 0 Å². The van der Waals surface area contributed by atoms with Crippen LogP contribution >= 0.6 is 0 Å². The second-order valence-electron chi connectivity index (χ2n) is 2.89. The summed E-state index contributed by atoms with van der Waals surface area (Å²) in [5.41, 5.74) is 1.000. The highest BCUT2D eigenvalue weighted by Gasteiger charge is 2.03. The number of carbonyl (C=O) groups excluding carboxylic acids is 1. The van der Waals surface area contributed by atoms with Gasteiger partial charge in [-0.15, -0.1) is 0 Å². The Morgan fingerprint density at radius 1 is 1.57 bits per heavy atom. The summed E-state index contributed by atoms with van der Waals surface area (Å²) in [6, 6.07) is 1.88. The molecule has 0 aliphatic rings. The fourth-order valence-corrected chi connectivity index (χ4v) is 1.07. The van der Waals surface area contributed by atoms with E-state index in [9.17, 15) is 4.79 Å². The molecule has 4 nitrogen and oxygen atoms in total. The number of carbonyl (C=O) groups is 1. The van der Waals surface area contributed by atoms with Gasteiger partial charge in [0, 0.05) is 18.3 Å². The van der Waals surface area contributed by atoms with Gasteiger partial charge in [0.05, 0.1) is 13.5 Å². The molecule has 0 bridgehead atoms. The lowest BCUT2D eigenvalue weighted by atomic mass is 10.2. The zero-order valence-electron chi connectivity index (χ0n) is 8.49. The molecule has 0 aliphatic carbocycles. The van der Waals surface area contributed by atoms with Gasteiger partial charge in [-0.2, -0.15) is 0 Å². The third kappa shape index (κ3) is 3.12. The van der Waals surface area contributed by atoms with Crippen molar-refractivity contribution >= 4 is 5.97 Å². The highest BCUT2D eigenvalue weighted by molar-refractivity contribution is 5.69. The van der Waals surface area contributed by atoms with Crippen LogP contribution in [-0.2, 0) is 22.4 Å². The van der Waals surface area contributed by atoms with Crippen molar-refractivity contribution in [3.63, 3.8) is 0 Å². The molecule has 1 rings (SSSR count). The topological polar surface area (TPSA) is 52.1 Å². The molecule has 0 atom stereocenters. The summed E-state index contributed by atoms with van der Waals surface area (Å²) in [6.45, 7) is 2.03. The Bertz CT molecular complexity index is 313. The van der Waals surface area contributed by atoms with Crippen molar-refractivity contribution in [2.75, 3.05) is 7.11 Å². The van der Waals surface area contributed by atoms with E-state index >= 15 is 0 Å². The van der Waals surface area contributed by atoms with E-state index in [1.54, 1.807) is 6.20 Å². The van der Waals surface area contributed by atoms with Crippen LogP contribution in [0.5, 0.6) is 0 Å². The standard InChI is InChI=1S/C10H14N2O2/c1-3-8-6-7-11-9(12-8)4-5-10(13)14-2/h6-7H,3-5H2,1-2H3. The first-order valence-electron chi connectivity index (χ1n) is 4.64. The summed E-state index contributed by atoms with van der Waals surface area (Å²) in [6.07, 6.45) is 3.48.